The normalized spacial score (nSPS) is 9.46. The van der Waals surface area contributed by atoms with Gasteiger partial charge in [0, 0.05) is 12.8 Å². The zero-order valence-electron chi connectivity index (χ0n) is 15.5. The molecule has 0 bridgehead atoms. The molecule has 0 saturated carbocycles. The third-order valence-electron chi connectivity index (χ3n) is 3.00. The van der Waals surface area contributed by atoms with Crippen molar-refractivity contribution in [3.05, 3.63) is 71.8 Å². The Balaban J connectivity index is 0.000000437. The summed E-state index contributed by atoms with van der Waals surface area (Å²) in [5.41, 5.74) is 2.47. The Morgan fingerprint density at radius 1 is 0.692 bits per heavy atom. The summed E-state index contributed by atoms with van der Waals surface area (Å²) >= 11 is 0. The molecule has 140 valence electrons. The molecule has 0 fully saturated rings. The van der Waals surface area contributed by atoms with E-state index in [1.54, 1.807) is 0 Å². The lowest BCUT2D eigenvalue weighted by Gasteiger charge is -1.92. The van der Waals surface area contributed by atoms with Gasteiger partial charge in [0.05, 0.1) is 0 Å². The highest BCUT2D eigenvalue weighted by atomic mass is 16.4. The summed E-state index contributed by atoms with van der Waals surface area (Å²) in [6.07, 6.45) is 6.29. The lowest BCUT2D eigenvalue weighted by molar-refractivity contribution is -0.138. The third kappa shape index (κ3) is 14.7. The van der Waals surface area contributed by atoms with Crippen molar-refractivity contribution in [3.63, 3.8) is 0 Å². The number of benzene rings is 2. The van der Waals surface area contributed by atoms with Crippen LogP contribution < -0.4 is 0 Å². The van der Waals surface area contributed by atoms with Crippen LogP contribution in [0.25, 0.3) is 12.2 Å². The number of hydrogen-bond acceptors (Lipinski definition) is 2. The van der Waals surface area contributed by atoms with Crippen LogP contribution in [0.3, 0.4) is 0 Å². The van der Waals surface area contributed by atoms with Crippen LogP contribution in [0.2, 0.25) is 0 Å². The van der Waals surface area contributed by atoms with Gasteiger partial charge in [0.2, 0.25) is 0 Å². The van der Waals surface area contributed by atoms with Gasteiger partial charge in [-0.15, -0.1) is 0 Å². The lowest BCUT2D eigenvalue weighted by atomic mass is 10.1. The van der Waals surface area contributed by atoms with E-state index in [4.69, 9.17) is 10.2 Å². The van der Waals surface area contributed by atoms with Crippen molar-refractivity contribution in [2.75, 3.05) is 0 Å². The van der Waals surface area contributed by atoms with E-state index in [0.29, 0.717) is 12.8 Å². The summed E-state index contributed by atoms with van der Waals surface area (Å²) in [4.78, 5) is 19.2. The molecule has 0 radical (unpaired) electrons. The van der Waals surface area contributed by atoms with Crippen molar-refractivity contribution in [2.24, 2.45) is 0 Å². The van der Waals surface area contributed by atoms with Crippen molar-refractivity contribution in [1.29, 1.82) is 0 Å². The van der Waals surface area contributed by atoms with E-state index >= 15 is 0 Å². The van der Waals surface area contributed by atoms with Gasteiger partial charge in [-0.2, -0.15) is 0 Å². The van der Waals surface area contributed by atoms with Crippen LogP contribution in [0.1, 0.15) is 50.7 Å². The molecular weight excluding hydrogens is 328 g/mol. The maximum absolute atomic E-state index is 9.60. The number of rotatable bonds is 6. The molecule has 0 spiro atoms. The summed E-state index contributed by atoms with van der Waals surface area (Å²) in [6, 6.07) is 20.6. The summed E-state index contributed by atoms with van der Waals surface area (Å²) in [6.45, 7) is 3.68. The Morgan fingerprint density at radius 3 is 1.19 bits per heavy atom. The average molecular weight is 356 g/mol. The van der Waals surface area contributed by atoms with Crippen LogP contribution in [0.5, 0.6) is 0 Å². The van der Waals surface area contributed by atoms with Crippen LogP contribution >= 0.6 is 0 Å². The lowest BCUT2D eigenvalue weighted by Crippen LogP contribution is -1.90. The van der Waals surface area contributed by atoms with E-state index in [0.717, 1.165) is 12.8 Å². The molecule has 4 nitrogen and oxygen atoms in total. The standard InChI is InChI=1S/C14H12.2C4H8O2/c1-3-7-13(8-4-1)11-12-14-9-5-2-6-10-14;2*1-2-3-4(5)6/h1-12H;2*2-3H2,1H3,(H,5,6). The molecule has 0 atom stereocenters. The van der Waals surface area contributed by atoms with Crippen molar-refractivity contribution in [2.45, 2.75) is 39.5 Å². The minimum absolute atomic E-state index is 0.292. The van der Waals surface area contributed by atoms with E-state index in [1.807, 2.05) is 50.2 Å². The number of carboxylic acid groups (broad SMARTS) is 2. The molecule has 2 aromatic carbocycles. The highest BCUT2D eigenvalue weighted by molar-refractivity contribution is 5.69. The molecule has 0 aliphatic heterocycles. The van der Waals surface area contributed by atoms with Gasteiger partial charge in [0.25, 0.3) is 0 Å². The number of hydrogen-bond donors (Lipinski definition) is 2. The van der Waals surface area contributed by atoms with Gasteiger partial charge in [-0.25, -0.2) is 0 Å². The fraction of sp³-hybridized carbons (Fsp3) is 0.273. The molecule has 2 N–H and O–H groups in total. The molecule has 26 heavy (non-hydrogen) atoms. The summed E-state index contributed by atoms with van der Waals surface area (Å²) < 4.78 is 0. The van der Waals surface area contributed by atoms with Gasteiger partial charge in [0.1, 0.15) is 0 Å². The molecule has 0 heterocycles. The van der Waals surface area contributed by atoms with Gasteiger partial charge >= 0.3 is 11.9 Å². The van der Waals surface area contributed by atoms with Gasteiger partial charge in [-0.05, 0) is 24.0 Å². The Bertz CT molecular complexity index is 576. The molecule has 4 heteroatoms. The second-order valence-corrected chi connectivity index (χ2v) is 5.44. The van der Waals surface area contributed by atoms with Crippen LogP contribution in [0, 0.1) is 0 Å². The number of aliphatic carboxylic acids is 2. The van der Waals surface area contributed by atoms with Gasteiger partial charge in [-0.1, -0.05) is 86.7 Å². The largest absolute Gasteiger partial charge is 0.481 e. The molecule has 0 unspecified atom stereocenters. The van der Waals surface area contributed by atoms with Crippen LogP contribution in [-0.2, 0) is 9.59 Å². The van der Waals surface area contributed by atoms with E-state index < -0.39 is 11.9 Å². The van der Waals surface area contributed by atoms with Crippen LogP contribution in [-0.4, -0.2) is 22.2 Å². The second kappa shape index (κ2) is 15.6. The Labute approximate surface area is 155 Å². The first kappa shape index (κ1) is 23.1. The molecule has 0 aromatic heterocycles. The molecule has 2 rings (SSSR count). The fourth-order valence-electron chi connectivity index (χ4n) is 1.75. The summed E-state index contributed by atoms with van der Waals surface area (Å²) in [5.74, 6) is -1.42. The molecule has 2 aromatic rings. The molecule has 0 amide bonds. The minimum atomic E-state index is -0.711. The maximum Gasteiger partial charge on any atom is 0.303 e. The van der Waals surface area contributed by atoms with E-state index in [2.05, 4.69) is 36.4 Å². The number of carboxylic acids is 2. The van der Waals surface area contributed by atoms with Crippen molar-refractivity contribution in [3.8, 4) is 0 Å². The molecule has 0 saturated heterocycles. The Kier molecular flexibility index (Phi) is 13.9. The van der Waals surface area contributed by atoms with Gasteiger partial charge in [-0.3, -0.25) is 9.59 Å². The zero-order valence-corrected chi connectivity index (χ0v) is 15.5. The highest BCUT2D eigenvalue weighted by Crippen LogP contribution is 2.06. The highest BCUT2D eigenvalue weighted by Gasteiger charge is 1.88. The Hall–Kier alpha value is -2.88. The average Bonchev–Trinajstić information content (AvgIpc) is 2.63. The predicted molar refractivity (Wildman–Crippen MR) is 107 cm³/mol. The van der Waals surface area contributed by atoms with E-state index in [9.17, 15) is 9.59 Å². The van der Waals surface area contributed by atoms with Gasteiger partial charge < -0.3 is 10.2 Å². The smallest absolute Gasteiger partial charge is 0.303 e. The van der Waals surface area contributed by atoms with Crippen molar-refractivity contribution in [1.82, 2.24) is 0 Å². The van der Waals surface area contributed by atoms with Crippen molar-refractivity contribution >= 4 is 24.1 Å². The molecular formula is C22H28O4. The summed E-state index contributed by atoms with van der Waals surface area (Å²) in [5, 5.41) is 15.8. The summed E-state index contributed by atoms with van der Waals surface area (Å²) in [7, 11) is 0. The molecule has 0 aliphatic rings. The minimum Gasteiger partial charge on any atom is -0.481 e. The maximum atomic E-state index is 9.60. The van der Waals surface area contributed by atoms with E-state index in [-0.39, 0.29) is 0 Å². The fourth-order valence-corrected chi connectivity index (χ4v) is 1.75. The first-order valence-electron chi connectivity index (χ1n) is 8.71. The quantitative estimate of drug-likeness (QED) is 0.661. The monoisotopic (exact) mass is 356 g/mol. The second-order valence-electron chi connectivity index (χ2n) is 5.44. The topological polar surface area (TPSA) is 74.6 Å². The predicted octanol–water partition coefficient (Wildman–Crippen LogP) is 5.60. The third-order valence-corrected chi connectivity index (χ3v) is 3.00. The molecule has 0 aliphatic carbocycles. The van der Waals surface area contributed by atoms with Gasteiger partial charge in [0.15, 0.2) is 0 Å². The van der Waals surface area contributed by atoms with Crippen molar-refractivity contribution < 1.29 is 19.8 Å². The first-order chi connectivity index (χ1) is 12.5. The Morgan fingerprint density at radius 2 is 1.00 bits per heavy atom. The zero-order chi connectivity index (χ0) is 19.6. The van der Waals surface area contributed by atoms with E-state index in [1.165, 1.54) is 11.1 Å². The van der Waals surface area contributed by atoms with Crippen LogP contribution in [0.15, 0.2) is 60.7 Å². The number of carbonyl (C=O) groups is 2. The first-order valence-corrected chi connectivity index (χ1v) is 8.71. The van der Waals surface area contributed by atoms with Crippen LogP contribution in [0.4, 0.5) is 0 Å². The SMILES string of the molecule is C(=Cc1ccccc1)c1ccccc1.CCCC(=O)O.CCCC(=O)O.